The average molecular weight is 301 g/mol. The normalized spacial score (nSPS) is 12.9. The van der Waals surface area contributed by atoms with Gasteiger partial charge in [-0.05, 0) is 32.0 Å². The van der Waals surface area contributed by atoms with Gasteiger partial charge in [0.2, 0.25) is 0 Å². The van der Waals surface area contributed by atoms with E-state index in [1.807, 2.05) is 0 Å². The van der Waals surface area contributed by atoms with Crippen LogP contribution in [-0.2, 0) is 0 Å². The van der Waals surface area contributed by atoms with E-state index in [0.29, 0.717) is 12.1 Å². The quantitative estimate of drug-likeness (QED) is 0.733. The molecule has 0 aliphatic rings. The lowest BCUT2D eigenvalue weighted by atomic mass is 10.0. The molecular formula is C16H26ClFN2. The third-order valence-corrected chi connectivity index (χ3v) is 3.89. The van der Waals surface area contributed by atoms with Crippen LogP contribution in [0.25, 0.3) is 0 Å². The maximum absolute atomic E-state index is 14.2. The van der Waals surface area contributed by atoms with E-state index in [4.69, 9.17) is 17.3 Å². The molecule has 2 nitrogen and oxygen atoms in total. The predicted octanol–water partition coefficient (Wildman–Crippen LogP) is 4.38. The molecule has 0 saturated heterocycles. The zero-order valence-corrected chi connectivity index (χ0v) is 13.3. The Morgan fingerprint density at radius 1 is 1.20 bits per heavy atom. The van der Waals surface area contributed by atoms with E-state index in [-0.39, 0.29) is 16.9 Å². The van der Waals surface area contributed by atoms with Gasteiger partial charge in [-0.1, -0.05) is 50.4 Å². The van der Waals surface area contributed by atoms with Crippen LogP contribution < -0.4 is 5.73 Å². The van der Waals surface area contributed by atoms with Gasteiger partial charge >= 0.3 is 0 Å². The Morgan fingerprint density at radius 2 is 1.80 bits per heavy atom. The van der Waals surface area contributed by atoms with Crippen molar-refractivity contribution in [2.45, 2.75) is 45.6 Å². The van der Waals surface area contributed by atoms with Gasteiger partial charge in [-0.3, -0.25) is 4.90 Å². The second-order valence-corrected chi connectivity index (χ2v) is 5.54. The molecule has 0 radical (unpaired) electrons. The Kier molecular flexibility index (Phi) is 8.12. The van der Waals surface area contributed by atoms with E-state index in [0.717, 1.165) is 38.8 Å². The number of hydrogen-bond acceptors (Lipinski definition) is 2. The fraction of sp³-hybridized carbons (Fsp3) is 0.625. The molecule has 0 amide bonds. The minimum atomic E-state index is -0.331. The molecule has 0 aliphatic carbocycles. The lowest BCUT2D eigenvalue weighted by molar-refractivity contribution is 0.192. The highest BCUT2D eigenvalue weighted by Crippen LogP contribution is 2.27. The number of hydrogen-bond donors (Lipinski definition) is 1. The molecule has 0 fully saturated rings. The summed E-state index contributed by atoms with van der Waals surface area (Å²) in [5.41, 5.74) is 6.53. The molecule has 1 unspecified atom stereocenters. The number of nitrogens with two attached hydrogens (primary N) is 1. The third kappa shape index (κ3) is 4.72. The summed E-state index contributed by atoms with van der Waals surface area (Å²) in [4.78, 5) is 2.29. The highest BCUT2D eigenvalue weighted by atomic mass is 35.5. The molecule has 2 N–H and O–H groups in total. The Bertz CT molecular complexity index is 390. The maximum atomic E-state index is 14.2. The van der Waals surface area contributed by atoms with Crippen LogP contribution in [0.3, 0.4) is 0 Å². The number of rotatable bonds is 9. The lowest BCUT2D eigenvalue weighted by Gasteiger charge is -2.31. The Labute approximate surface area is 127 Å². The molecule has 0 bridgehead atoms. The van der Waals surface area contributed by atoms with E-state index < -0.39 is 0 Å². The number of nitrogens with zero attached hydrogens (tertiary/aromatic N) is 1. The van der Waals surface area contributed by atoms with Gasteiger partial charge < -0.3 is 5.73 Å². The molecule has 0 aromatic heterocycles. The zero-order chi connectivity index (χ0) is 15.0. The molecule has 114 valence electrons. The average Bonchev–Trinajstić information content (AvgIpc) is 2.46. The summed E-state index contributed by atoms with van der Waals surface area (Å²) < 4.78 is 14.2. The van der Waals surface area contributed by atoms with E-state index in [1.54, 1.807) is 18.2 Å². The number of benzene rings is 1. The van der Waals surface area contributed by atoms with Crippen molar-refractivity contribution < 1.29 is 4.39 Å². The lowest BCUT2D eigenvalue weighted by Crippen LogP contribution is -2.36. The largest absolute Gasteiger partial charge is 0.329 e. The molecule has 20 heavy (non-hydrogen) atoms. The molecule has 1 aromatic rings. The van der Waals surface area contributed by atoms with Crippen molar-refractivity contribution in [3.8, 4) is 0 Å². The van der Waals surface area contributed by atoms with Crippen LogP contribution >= 0.6 is 11.6 Å². The fourth-order valence-electron chi connectivity index (χ4n) is 2.40. The van der Waals surface area contributed by atoms with E-state index >= 15 is 0 Å². The summed E-state index contributed by atoms with van der Waals surface area (Å²) >= 11 is 5.89. The van der Waals surface area contributed by atoms with Gasteiger partial charge in [0.15, 0.2) is 0 Å². The molecule has 1 aromatic carbocycles. The van der Waals surface area contributed by atoms with Gasteiger partial charge in [0, 0.05) is 18.2 Å². The smallest absolute Gasteiger partial charge is 0.146 e. The first kappa shape index (κ1) is 17.4. The van der Waals surface area contributed by atoms with Gasteiger partial charge in [0.05, 0.1) is 5.02 Å². The predicted molar refractivity (Wildman–Crippen MR) is 84.6 cm³/mol. The molecule has 0 aliphatic heterocycles. The van der Waals surface area contributed by atoms with Crippen LogP contribution in [0.5, 0.6) is 0 Å². The Morgan fingerprint density at radius 3 is 2.30 bits per heavy atom. The standard InChI is InChI=1S/C16H26ClFN2/c1-3-5-10-20(11-6-4-2)15(12-19)13-8-7-9-14(17)16(13)18/h7-9,15H,3-6,10-12,19H2,1-2H3. The topological polar surface area (TPSA) is 29.3 Å². The maximum Gasteiger partial charge on any atom is 0.146 e. The van der Waals surface area contributed by atoms with Gasteiger partial charge in [-0.25, -0.2) is 4.39 Å². The van der Waals surface area contributed by atoms with Crippen LogP contribution in [0.2, 0.25) is 5.02 Å². The van der Waals surface area contributed by atoms with Crippen molar-refractivity contribution >= 4 is 11.6 Å². The summed E-state index contributed by atoms with van der Waals surface area (Å²) in [5.74, 6) is -0.331. The van der Waals surface area contributed by atoms with Crippen molar-refractivity contribution in [3.63, 3.8) is 0 Å². The van der Waals surface area contributed by atoms with Crippen molar-refractivity contribution in [1.82, 2.24) is 4.90 Å². The van der Waals surface area contributed by atoms with Crippen molar-refractivity contribution in [2.75, 3.05) is 19.6 Å². The van der Waals surface area contributed by atoms with Crippen LogP contribution in [-0.4, -0.2) is 24.5 Å². The van der Waals surface area contributed by atoms with Crippen LogP contribution in [0.15, 0.2) is 18.2 Å². The van der Waals surface area contributed by atoms with Crippen LogP contribution in [0.1, 0.15) is 51.1 Å². The second-order valence-electron chi connectivity index (χ2n) is 5.14. The Balaban J connectivity index is 2.95. The molecule has 1 atom stereocenters. The minimum absolute atomic E-state index is 0.0909. The SMILES string of the molecule is CCCCN(CCCC)C(CN)c1cccc(Cl)c1F. The summed E-state index contributed by atoms with van der Waals surface area (Å²) in [7, 11) is 0. The van der Waals surface area contributed by atoms with Crippen LogP contribution in [0.4, 0.5) is 4.39 Å². The first-order valence-corrected chi connectivity index (χ1v) is 7.91. The first-order valence-electron chi connectivity index (χ1n) is 7.53. The highest BCUT2D eigenvalue weighted by molar-refractivity contribution is 6.30. The van der Waals surface area contributed by atoms with Gasteiger partial charge in [-0.15, -0.1) is 0 Å². The van der Waals surface area contributed by atoms with E-state index in [1.165, 1.54) is 0 Å². The van der Waals surface area contributed by atoms with Crippen LogP contribution in [0, 0.1) is 5.82 Å². The summed E-state index contributed by atoms with van der Waals surface area (Å²) in [6, 6.07) is 5.08. The zero-order valence-electron chi connectivity index (χ0n) is 12.5. The summed E-state index contributed by atoms with van der Waals surface area (Å²) in [6.45, 7) is 6.63. The minimum Gasteiger partial charge on any atom is -0.329 e. The monoisotopic (exact) mass is 300 g/mol. The van der Waals surface area contributed by atoms with E-state index in [9.17, 15) is 4.39 Å². The summed E-state index contributed by atoms with van der Waals surface area (Å²) in [6.07, 6.45) is 4.45. The van der Waals surface area contributed by atoms with E-state index in [2.05, 4.69) is 18.7 Å². The van der Waals surface area contributed by atoms with Crippen molar-refractivity contribution in [2.24, 2.45) is 5.73 Å². The highest BCUT2D eigenvalue weighted by Gasteiger charge is 2.22. The van der Waals surface area contributed by atoms with Crippen molar-refractivity contribution in [1.29, 1.82) is 0 Å². The van der Waals surface area contributed by atoms with Gasteiger partial charge in [0.25, 0.3) is 0 Å². The molecule has 0 spiro atoms. The molecule has 0 heterocycles. The number of unbranched alkanes of at least 4 members (excludes halogenated alkanes) is 2. The number of halogens is 2. The molecule has 1 rings (SSSR count). The van der Waals surface area contributed by atoms with Gasteiger partial charge in [-0.2, -0.15) is 0 Å². The third-order valence-electron chi connectivity index (χ3n) is 3.60. The Hall–Kier alpha value is -0.640. The molecular weight excluding hydrogens is 275 g/mol. The molecule has 4 heteroatoms. The summed E-state index contributed by atoms with van der Waals surface area (Å²) in [5, 5.41) is 0.173. The van der Waals surface area contributed by atoms with Crippen molar-refractivity contribution in [3.05, 3.63) is 34.6 Å². The second kappa shape index (κ2) is 9.32. The molecule has 0 saturated carbocycles. The first-order chi connectivity index (χ1) is 9.65. The van der Waals surface area contributed by atoms with Gasteiger partial charge in [0.1, 0.15) is 5.82 Å². The fourth-order valence-corrected chi connectivity index (χ4v) is 2.58.